The normalized spacial score (nSPS) is 14.8. The number of esters is 1. The summed E-state index contributed by atoms with van der Waals surface area (Å²) in [5, 5.41) is 0. The smallest absolute Gasteiger partial charge is 0.306 e. The fraction of sp³-hybridized carbons (Fsp3) is 0.638. The van der Waals surface area contributed by atoms with E-state index in [0.29, 0.717) is 17.6 Å². The molecule has 8 nitrogen and oxygen atoms in total. The van der Waals surface area contributed by atoms with Crippen LogP contribution in [0.15, 0.2) is 97.2 Å². The molecule has 0 aliphatic carbocycles. The van der Waals surface area contributed by atoms with Crippen molar-refractivity contribution in [1.82, 2.24) is 0 Å². The number of hydrogen-bond donors (Lipinski definition) is 0. The van der Waals surface area contributed by atoms with Crippen molar-refractivity contribution in [2.75, 3.05) is 54.1 Å². The lowest BCUT2D eigenvalue weighted by molar-refractivity contribution is -0.870. The number of likely N-dealkylation sites (N-methyl/N-ethyl adjacent to an activating group) is 1. The Hall–Kier alpha value is -2.58. The molecule has 2 atom stereocenters. The van der Waals surface area contributed by atoms with Crippen LogP contribution in [0, 0.1) is 0 Å². The van der Waals surface area contributed by atoms with E-state index in [1.54, 1.807) is 0 Å². The predicted octanol–water partition coefficient (Wildman–Crippen LogP) is 12.0. The van der Waals surface area contributed by atoms with Crippen molar-refractivity contribution in [2.24, 2.45) is 0 Å². The number of unbranched alkanes of at least 4 members (excludes halogenated alkanes) is 8. The van der Waals surface area contributed by atoms with E-state index >= 15 is 0 Å². The fourth-order valence-corrected chi connectivity index (χ4v) is 5.78. The second-order valence-electron chi connectivity index (χ2n) is 15.0. The summed E-state index contributed by atoms with van der Waals surface area (Å²) in [6, 6.07) is 0. The molecule has 0 bridgehead atoms. The summed E-state index contributed by atoms with van der Waals surface area (Å²) in [6.07, 6.45) is 52.9. The van der Waals surface area contributed by atoms with Crippen molar-refractivity contribution >= 4 is 13.8 Å². The van der Waals surface area contributed by atoms with E-state index in [1.165, 1.54) is 19.3 Å². The molecule has 0 aromatic rings. The van der Waals surface area contributed by atoms with E-state index in [9.17, 15) is 14.3 Å². The third kappa shape index (κ3) is 42.6. The number of rotatable bonds is 38. The maximum absolute atomic E-state index is 12.6. The summed E-state index contributed by atoms with van der Waals surface area (Å²) < 4.78 is 34.4. The average Bonchev–Trinajstić information content (AvgIpc) is 3.15. The Morgan fingerprint density at radius 1 is 0.571 bits per heavy atom. The van der Waals surface area contributed by atoms with Gasteiger partial charge in [0.05, 0.1) is 34.4 Å². The van der Waals surface area contributed by atoms with Gasteiger partial charge in [0, 0.05) is 13.0 Å². The highest BCUT2D eigenvalue weighted by molar-refractivity contribution is 7.45. The maximum atomic E-state index is 12.6. The molecule has 0 rings (SSSR count). The highest BCUT2D eigenvalue weighted by atomic mass is 31.2. The number of quaternary nitrogens is 1. The van der Waals surface area contributed by atoms with Gasteiger partial charge in [-0.1, -0.05) is 143 Å². The Morgan fingerprint density at radius 3 is 1.55 bits per heavy atom. The number of allylic oxidation sites excluding steroid dienone is 16. The first-order valence-corrected chi connectivity index (χ1v) is 22.9. The number of ether oxygens (including phenoxy) is 2. The van der Waals surface area contributed by atoms with Crippen molar-refractivity contribution in [3.05, 3.63) is 97.2 Å². The summed E-state index contributed by atoms with van der Waals surface area (Å²) in [7, 11) is 1.29. The molecule has 0 heterocycles. The standard InChI is InChI=1S/C47H80NO7P/c1-6-8-10-12-14-16-18-20-22-23-24-25-26-27-29-31-33-35-37-39-42-52-44-46(45-54-56(50,51)53-43-41-48(3,4)5)55-47(49)40-38-36-34-32-30-28-21-19-17-15-13-11-9-7-2/h8,10,13-16,19-22,24-25,27,29,33,35,46H,6-7,9,11-12,17-18,23,26,28,30-32,34,36-45H2,1-5H3/b10-8-,15-13-,16-14-,21-19-,22-20-,25-24-,29-27-,35-33-. The van der Waals surface area contributed by atoms with E-state index < -0.39 is 13.9 Å². The SMILES string of the molecule is CC/C=C\C/C=C\C/C=C\C/C=C\C/C=C\C/C=C\CCCOCC(COP(=O)([O-])OCC[N+](C)(C)C)OC(=O)CCCCCCC/C=C\C/C=C\CCCC. The molecule has 0 spiro atoms. The van der Waals surface area contributed by atoms with Gasteiger partial charge in [0.1, 0.15) is 19.3 Å². The van der Waals surface area contributed by atoms with E-state index in [4.69, 9.17) is 18.5 Å². The Kier molecular flexibility index (Phi) is 37.4. The van der Waals surface area contributed by atoms with Gasteiger partial charge in [-0.15, -0.1) is 0 Å². The quantitative estimate of drug-likeness (QED) is 0.0202. The van der Waals surface area contributed by atoms with Crippen LogP contribution < -0.4 is 4.89 Å². The molecule has 0 radical (unpaired) electrons. The third-order valence-electron chi connectivity index (χ3n) is 8.37. The minimum Gasteiger partial charge on any atom is -0.756 e. The van der Waals surface area contributed by atoms with Crippen molar-refractivity contribution < 1.29 is 37.3 Å². The second-order valence-corrected chi connectivity index (χ2v) is 16.4. The van der Waals surface area contributed by atoms with Crippen LogP contribution in [0.3, 0.4) is 0 Å². The molecule has 320 valence electrons. The maximum Gasteiger partial charge on any atom is 0.306 e. The van der Waals surface area contributed by atoms with Crippen molar-refractivity contribution in [3.8, 4) is 0 Å². The predicted molar refractivity (Wildman–Crippen MR) is 235 cm³/mol. The van der Waals surface area contributed by atoms with Gasteiger partial charge in [0.15, 0.2) is 0 Å². The van der Waals surface area contributed by atoms with E-state index in [-0.39, 0.29) is 32.2 Å². The third-order valence-corrected chi connectivity index (χ3v) is 9.33. The Bertz CT molecular complexity index is 1210. The molecule has 0 saturated carbocycles. The fourth-order valence-electron chi connectivity index (χ4n) is 5.05. The molecule has 0 amide bonds. The van der Waals surface area contributed by atoms with Crippen LogP contribution in [0.4, 0.5) is 0 Å². The van der Waals surface area contributed by atoms with Crippen LogP contribution in [0.5, 0.6) is 0 Å². The van der Waals surface area contributed by atoms with Crippen LogP contribution in [0.1, 0.15) is 136 Å². The molecule has 2 unspecified atom stereocenters. The van der Waals surface area contributed by atoms with E-state index in [2.05, 4.69) is 111 Å². The zero-order valence-corrected chi connectivity index (χ0v) is 36.9. The Balaban J connectivity index is 4.40. The van der Waals surface area contributed by atoms with Crippen LogP contribution in [0.2, 0.25) is 0 Å². The Labute approximate surface area is 343 Å². The van der Waals surface area contributed by atoms with Crippen molar-refractivity contribution in [2.45, 2.75) is 142 Å². The summed E-state index contributed by atoms with van der Waals surface area (Å²) in [6.45, 7) is 5.04. The van der Waals surface area contributed by atoms with Crippen LogP contribution in [-0.2, 0) is 27.9 Å². The van der Waals surface area contributed by atoms with Crippen molar-refractivity contribution in [3.63, 3.8) is 0 Å². The second kappa shape index (κ2) is 39.3. The lowest BCUT2D eigenvalue weighted by Gasteiger charge is -2.28. The molecule has 0 aliphatic heterocycles. The molecule has 56 heavy (non-hydrogen) atoms. The number of carbonyl (C=O) groups is 1. The number of phosphoric acid groups is 1. The highest BCUT2D eigenvalue weighted by Crippen LogP contribution is 2.38. The zero-order chi connectivity index (χ0) is 41.3. The minimum atomic E-state index is -4.55. The zero-order valence-electron chi connectivity index (χ0n) is 36.0. The largest absolute Gasteiger partial charge is 0.756 e. The summed E-state index contributed by atoms with van der Waals surface area (Å²) >= 11 is 0. The molecule has 0 aromatic heterocycles. The van der Waals surface area contributed by atoms with Gasteiger partial charge < -0.3 is 27.9 Å². The highest BCUT2D eigenvalue weighted by Gasteiger charge is 2.20. The van der Waals surface area contributed by atoms with Crippen molar-refractivity contribution in [1.29, 1.82) is 0 Å². The van der Waals surface area contributed by atoms with Crippen LogP contribution >= 0.6 is 7.82 Å². The summed E-state index contributed by atoms with van der Waals surface area (Å²) in [4.78, 5) is 25.0. The van der Waals surface area contributed by atoms with E-state index in [0.717, 1.165) is 96.3 Å². The first kappa shape index (κ1) is 53.4. The monoisotopic (exact) mass is 802 g/mol. The number of phosphoric ester groups is 1. The lowest BCUT2D eigenvalue weighted by atomic mass is 10.1. The van der Waals surface area contributed by atoms with Gasteiger partial charge in [-0.05, 0) is 83.5 Å². The van der Waals surface area contributed by atoms with E-state index in [1.807, 2.05) is 21.1 Å². The molecule has 9 heteroatoms. The lowest BCUT2D eigenvalue weighted by Crippen LogP contribution is -2.37. The van der Waals surface area contributed by atoms with Crippen LogP contribution in [-0.4, -0.2) is 70.7 Å². The summed E-state index contributed by atoms with van der Waals surface area (Å²) in [5.41, 5.74) is 0. The molecule has 0 N–H and O–H groups in total. The topological polar surface area (TPSA) is 94.1 Å². The number of nitrogens with zero attached hydrogens (tertiary/aromatic N) is 1. The summed E-state index contributed by atoms with van der Waals surface area (Å²) in [5.74, 6) is -0.373. The van der Waals surface area contributed by atoms with Gasteiger partial charge in [-0.2, -0.15) is 0 Å². The average molecular weight is 802 g/mol. The molecule has 0 aromatic carbocycles. The van der Waals surface area contributed by atoms with Gasteiger partial charge >= 0.3 is 5.97 Å². The molecule has 0 aliphatic rings. The van der Waals surface area contributed by atoms with Gasteiger partial charge in [0.2, 0.25) is 0 Å². The number of hydrogen-bond acceptors (Lipinski definition) is 7. The molecule has 0 fully saturated rings. The van der Waals surface area contributed by atoms with Gasteiger partial charge in [0.25, 0.3) is 7.82 Å². The molecular formula is C47H80NO7P. The first-order chi connectivity index (χ1) is 27.1. The minimum absolute atomic E-state index is 0.00653. The van der Waals surface area contributed by atoms with Crippen LogP contribution in [0.25, 0.3) is 0 Å². The molecule has 0 saturated heterocycles. The number of carbonyl (C=O) groups excluding carboxylic acids is 1. The van der Waals surface area contributed by atoms with Gasteiger partial charge in [-0.3, -0.25) is 9.36 Å². The molecular weight excluding hydrogens is 721 g/mol. The first-order valence-electron chi connectivity index (χ1n) is 21.5. The Morgan fingerprint density at radius 2 is 1.04 bits per heavy atom. The van der Waals surface area contributed by atoms with Gasteiger partial charge in [-0.25, -0.2) is 0 Å².